The molecular formula is C12H7F3N4O2S2. The Bertz CT molecular complexity index is 813. The summed E-state index contributed by atoms with van der Waals surface area (Å²) >= 11 is 1.30. The molecule has 0 aliphatic heterocycles. The smallest absolute Gasteiger partial charge is 0.431 e. The lowest BCUT2D eigenvalue weighted by atomic mass is 10.3. The molecule has 0 radical (unpaired) electrons. The number of hydrogen-bond donors (Lipinski definition) is 1. The maximum absolute atomic E-state index is 12.4. The van der Waals surface area contributed by atoms with E-state index in [2.05, 4.69) is 20.5 Å². The van der Waals surface area contributed by atoms with Crippen LogP contribution in [0, 0.1) is 0 Å². The first-order valence-electron chi connectivity index (χ1n) is 6.11. The van der Waals surface area contributed by atoms with Crippen LogP contribution in [0.4, 0.5) is 18.3 Å². The van der Waals surface area contributed by atoms with E-state index >= 15 is 0 Å². The zero-order valence-electron chi connectivity index (χ0n) is 11.1. The Morgan fingerprint density at radius 2 is 2.09 bits per heavy atom. The number of aromatic nitrogens is 3. The number of amides is 1. The van der Waals surface area contributed by atoms with Crippen molar-refractivity contribution < 1.29 is 22.4 Å². The van der Waals surface area contributed by atoms with Crippen molar-refractivity contribution >= 4 is 45.2 Å². The Morgan fingerprint density at radius 3 is 2.78 bits per heavy atom. The van der Waals surface area contributed by atoms with Crippen molar-refractivity contribution in [1.29, 1.82) is 0 Å². The summed E-state index contributed by atoms with van der Waals surface area (Å²) in [7, 11) is 0. The lowest BCUT2D eigenvalue weighted by molar-refractivity contribution is -0.138. The number of nitrogens with zero attached hydrogens (tertiary/aromatic N) is 3. The van der Waals surface area contributed by atoms with E-state index in [1.54, 1.807) is 24.3 Å². The molecule has 0 atom stereocenters. The van der Waals surface area contributed by atoms with E-state index in [1.807, 2.05) is 0 Å². The number of para-hydroxylation sites is 2. The minimum atomic E-state index is -4.58. The van der Waals surface area contributed by atoms with Gasteiger partial charge in [0.1, 0.15) is 5.52 Å². The van der Waals surface area contributed by atoms with Crippen molar-refractivity contribution in [3.8, 4) is 0 Å². The monoisotopic (exact) mass is 360 g/mol. The molecule has 0 spiro atoms. The minimum Gasteiger partial charge on any atom is -0.431 e. The van der Waals surface area contributed by atoms with Gasteiger partial charge in [0, 0.05) is 0 Å². The number of rotatable bonds is 4. The highest BCUT2D eigenvalue weighted by atomic mass is 32.2. The van der Waals surface area contributed by atoms with Gasteiger partial charge in [0.2, 0.25) is 16.0 Å². The maximum atomic E-state index is 12.4. The molecule has 1 amide bonds. The SMILES string of the molecule is O=C(CSc1nc2ccccc2o1)Nc1nnc(C(F)(F)F)s1. The van der Waals surface area contributed by atoms with Gasteiger partial charge >= 0.3 is 6.18 Å². The van der Waals surface area contributed by atoms with Crippen LogP contribution < -0.4 is 5.32 Å². The second-order valence-electron chi connectivity index (χ2n) is 4.19. The molecule has 0 aliphatic carbocycles. The molecule has 3 aromatic rings. The number of fused-ring (bicyclic) bond motifs is 1. The Balaban J connectivity index is 1.58. The first-order chi connectivity index (χ1) is 10.9. The summed E-state index contributed by atoms with van der Waals surface area (Å²) < 4.78 is 42.6. The number of hydrogen-bond acceptors (Lipinski definition) is 7. The summed E-state index contributed by atoms with van der Waals surface area (Å²) in [6, 6.07) is 7.11. The van der Waals surface area contributed by atoms with E-state index in [-0.39, 0.29) is 22.2 Å². The van der Waals surface area contributed by atoms with Crippen LogP contribution in [-0.4, -0.2) is 26.8 Å². The maximum Gasteiger partial charge on any atom is 0.445 e. The molecule has 6 nitrogen and oxygen atoms in total. The molecule has 0 fully saturated rings. The van der Waals surface area contributed by atoms with E-state index in [0.717, 1.165) is 11.8 Å². The molecule has 2 heterocycles. The van der Waals surface area contributed by atoms with Crippen LogP contribution in [0.15, 0.2) is 33.9 Å². The van der Waals surface area contributed by atoms with Crippen molar-refractivity contribution in [1.82, 2.24) is 15.2 Å². The number of carbonyl (C=O) groups excluding carboxylic acids is 1. The van der Waals surface area contributed by atoms with Crippen LogP contribution in [-0.2, 0) is 11.0 Å². The zero-order valence-corrected chi connectivity index (χ0v) is 12.8. The van der Waals surface area contributed by atoms with Crippen molar-refractivity contribution in [3.05, 3.63) is 29.3 Å². The van der Waals surface area contributed by atoms with Gasteiger partial charge in [0.05, 0.1) is 5.75 Å². The molecule has 2 aromatic heterocycles. The molecule has 23 heavy (non-hydrogen) atoms. The molecule has 1 N–H and O–H groups in total. The zero-order chi connectivity index (χ0) is 16.4. The molecule has 0 unspecified atom stereocenters. The van der Waals surface area contributed by atoms with E-state index in [1.165, 1.54) is 0 Å². The fourth-order valence-electron chi connectivity index (χ4n) is 1.58. The van der Waals surface area contributed by atoms with E-state index in [0.29, 0.717) is 16.3 Å². The summed E-state index contributed by atoms with van der Waals surface area (Å²) in [5, 5.41) is 7.49. The van der Waals surface area contributed by atoms with Crippen LogP contribution in [0.5, 0.6) is 0 Å². The summed E-state index contributed by atoms with van der Waals surface area (Å²) in [4.78, 5) is 15.9. The standard InChI is InChI=1S/C12H7F3N4O2S2/c13-12(14,15)9-18-19-10(23-9)17-8(20)5-22-11-16-6-3-1-2-4-7(6)21-11/h1-4H,5H2,(H,17,19,20). The van der Waals surface area contributed by atoms with E-state index < -0.39 is 17.1 Å². The number of benzene rings is 1. The molecule has 0 aliphatic rings. The van der Waals surface area contributed by atoms with Gasteiger partial charge in [-0.25, -0.2) is 4.98 Å². The molecule has 0 bridgehead atoms. The van der Waals surface area contributed by atoms with Crippen LogP contribution in [0.25, 0.3) is 11.1 Å². The van der Waals surface area contributed by atoms with Crippen molar-refractivity contribution in [2.75, 3.05) is 11.1 Å². The Kier molecular flexibility index (Phi) is 4.22. The van der Waals surface area contributed by atoms with Crippen molar-refractivity contribution in [2.45, 2.75) is 11.4 Å². The Labute approximate surface area is 135 Å². The van der Waals surface area contributed by atoms with Crippen LogP contribution >= 0.6 is 23.1 Å². The average molecular weight is 360 g/mol. The van der Waals surface area contributed by atoms with Gasteiger partial charge in [-0.15, -0.1) is 10.2 Å². The van der Waals surface area contributed by atoms with Crippen LogP contribution in [0.1, 0.15) is 5.01 Å². The normalized spacial score (nSPS) is 11.8. The third kappa shape index (κ3) is 3.79. The third-order valence-corrected chi connectivity index (χ3v) is 4.23. The topological polar surface area (TPSA) is 80.9 Å². The molecule has 0 saturated heterocycles. The number of halogens is 3. The molecule has 1 aromatic carbocycles. The molecule has 120 valence electrons. The molecular weight excluding hydrogens is 353 g/mol. The lowest BCUT2D eigenvalue weighted by Crippen LogP contribution is -2.13. The number of alkyl halides is 3. The van der Waals surface area contributed by atoms with E-state index in [9.17, 15) is 18.0 Å². The number of anilines is 1. The highest BCUT2D eigenvalue weighted by Gasteiger charge is 2.35. The summed E-state index contributed by atoms with van der Waals surface area (Å²) in [6.45, 7) is 0. The highest BCUT2D eigenvalue weighted by molar-refractivity contribution is 7.99. The number of thioether (sulfide) groups is 1. The van der Waals surface area contributed by atoms with Crippen LogP contribution in [0.2, 0.25) is 0 Å². The van der Waals surface area contributed by atoms with Gasteiger partial charge in [-0.3, -0.25) is 10.1 Å². The van der Waals surface area contributed by atoms with E-state index in [4.69, 9.17) is 4.42 Å². The molecule has 3 rings (SSSR count). The molecule has 11 heteroatoms. The largest absolute Gasteiger partial charge is 0.445 e. The Hall–Kier alpha value is -2.14. The summed E-state index contributed by atoms with van der Waals surface area (Å²) in [5.74, 6) is -0.601. The number of carbonyl (C=O) groups is 1. The fourth-order valence-corrected chi connectivity index (χ4v) is 2.85. The van der Waals surface area contributed by atoms with Gasteiger partial charge in [0.15, 0.2) is 5.58 Å². The average Bonchev–Trinajstić information content (AvgIpc) is 3.10. The first kappa shape index (κ1) is 15.7. The third-order valence-electron chi connectivity index (χ3n) is 2.51. The summed E-state index contributed by atoms with van der Waals surface area (Å²) in [5.41, 5.74) is 1.25. The number of oxazole rings is 1. The van der Waals surface area contributed by atoms with Gasteiger partial charge < -0.3 is 4.42 Å². The van der Waals surface area contributed by atoms with Gasteiger partial charge in [-0.05, 0) is 12.1 Å². The van der Waals surface area contributed by atoms with Gasteiger partial charge in [-0.1, -0.05) is 35.2 Å². The molecule has 0 saturated carbocycles. The predicted octanol–water partition coefficient (Wildman–Crippen LogP) is 3.43. The highest BCUT2D eigenvalue weighted by Crippen LogP contribution is 2.33. The fraction of sp³-hybridized carbons (Fsp3) is 0.167. The second kappa shape index (κ2) is 6.16. The minimum absolute atomic E-state index is 0.0756. The first-order valence-corrected chi connectivity index (χ1v) is 7.91. The number of nitrogens with one attached hydrogen (secondary N) is 1. The second-order valence-corrected chi connectivity index (χ2v) is 6.10. The van der Waals surface area contributed by atoms with Crippen LogP contribution in [0.3, 0.4) is 0 Å². The van der Waals surface area contributed by atoms with Gasteiger partial charge in [-0.2, -0.15) is 13.2 Å². The van der Waals surface area contributed by atoms with Gasteiger partial charge in [0.25, 0.3) is 5.22 Å². The van der Waals surface area contributed by atoms with Crippen molar-refractivity contribution in [2.24, 2.45) is 0 Å². The lowest BCUT2D eigenvalue weighted by Gasteiger charge is -1.99. The van der Waals surface area contributed by atoms with Crippen molar-refractivity contribution in [3.63, 3.8) is 0 Å². The Morgan fingerprint density at radius 1 is 1.30 bits per heavy atom. The summed E-state index contributed by atoms with van der Waals surface area (Å²) in [6.07, 6.45) is -4.58. The predicted molar refractivity (Wildman–Crippen MR) is 78.3 cm³/mol. The quantitative estimate of drug-likeness (QED) is 0.718.